The average molecular weight is 628 g/mol. The van der Waals surface area contributed by atoms with Gasteiger partial charge in [0, 0.05) is 0 Å². The van der Waals surface area contributed by atoms with Gasteiger partial charge in [-0.2, -0.15) is 0 Å². The molecule has 0 aliphatic carbocycles. The van der Waals surface area contributed by atoms with Crippen LogP contribution in [0, 0.1) is 15.9 Å². The maximum absolute atomic E-state index is 13.8. The fraction of sp³-hybridized carbons (Fsp3) is 0.250. The number of hydrogen-bond acceptors (Lipinski definition) is 7. The van der Waals surface area contributed by atoms with Gasteiger partial charge in [-0.1, -0.05) is 54.5 Å². The predicted octanol–water partition coefficient (Wildman–Crippen LogP) is 3.81. The summed E-state index contributed by atoms with van der Waals surface area (Å²) in [7, 11) is 1.34. The Morgan fingerprint density at radius 1 is 1.24 bits per heavy atom. The second-order valence-corrected chi connectivity index (χ2v) is 10.1. The van der Waals surface area contributed by atoms with E-state index in [0.29, 0.717) is 45.1 Å². The Hall–Kier alpha value is -3.36. The minimum atomic E-state index is -0.638. The summed E-state index contributed by atoms with van der Waals surface area (Å²) in [5.41, 5.74) is 2.31. The molecular weight excluding hydrogens is 603 g/mol. The molecule has 7 nitrogen and oxygen atoms in total. The molecule has 0 spiro atoms. The number of esters is 1. The average Bonchev–Trinajstić information content (AvgIpc) is 3.21. The van der Waals surface area contributed by atoms with Crippen molar-refractivity contribution in [3.63, 3.8) is 0 Å². The lowest BCUT2D eigenvalue weighted by Crippen LogP contribution is -2.40. The number of rotatable bonds is 8. The third kappa shape index (κ3) is 5.36. The Balaban J connectivity index is 1.92. The molecule has 0 fully saturated rings. The molecule has 0 radical (unpaired) electrons. The molecule has 1 aromatic heterocycles. The number of carbonyl (C=O) groups is 1. The Bertz CT molecular complexity index is 1580. The van der Waals surface area contributed by atoms with Gasteiger partial charge in [-0.25, -0.2) is 9.79 Å². The van der Waals surface area contributed by atoms with E-state index in [9.17, 15) is 9.59 Å². The Kier molecular flexibility index (Phi) is 8.51. The van der Waals surface area contributed by atoms with Crippen molar-refractivity contribution in [1.82, 2.24) is 4.57 Å². The lowest BCUT2D eigenvalue weighted by molar-refractivity contribution is -0.136. The van der Waals surface area contributed by atoms with Gasteiger partial charge in [0.2, 0.25) is 0 Å². The van der Waals surface area contributed by atoms with E-state index in [0.717, 1.165) is 14.7 Å². The van der Waals surface area contributed by atoms with E-state index >= 15 is 0 Å². The molecule has 3 aromatic rings. The summed E-state index contributed by atoms with van der Waals surface area (Å²) in [6.07, 6.45) is 7.68. The van der Waals surface area contributed by atoms with Gasteiger partial charge in [0.05, 0.1) is 39.1 Å². The molecule has 0 N–H and O–H groups in total. The van der Waals surface area contributed by atoms with Crippen LogP contribution in [0.15, 0.2) is 63.5 Å². The lowest BCUT2D eigenvalue weighted by Gasteiger charge is -2.25. The van der Waals surface area contributed by atoms with Crippen molar-refractivity contribution in [3.8, 4) is 23.8 Å². The normalized spacial score (nSPS) is 15.0. The zero-order chi connectivity index (χ0) is 26.5. The van der Waals surface area contributed by atoms with E-state index in [-0.39, 0.29) is 12.2 Å². The summed E-state index contributed by atoms with van der Waals surface area (Å²) >= 11 is 3.44. The van der Waals surface area contributed by atoms with E-state index in [2.05, 4.69) is 28.5 Å². The molecule has 0 unspecified atom stereocenters. The van der Waals surface area contributed by atoms with Gasteiger partial charge in [-0.3, -0.25) is 9.36 Å². The summed E-state index contributed by atoms with van der Waals surface area (Å²) < 4.78 is 19.4. The van der Waals surface area contributed by atoms with Crippen molar-refractivity contribution in [2.75, 3.05) is 20.3 Å². The molecule has 2 aromatic carbocycles. The SMILES string of the molecule is C#CCOc1c(I)cc(/C=c2\sc3n(c2=O)[C@H](c2ccccc2)C(C(=O)OC)=C(CC)N=3)cc1OCC. The number of benzene rings is 2. The Labute approximate surface area is 232 Å². The molecule has 37 heavy (non-hydrogen) atoms. The van der Waals surface area contributed by atoms with Crippen molar-refractivity contribution in [3.05, 3.63) is 88.1 Å². The molecule has 0 amide bonds. The number of methoxy groups -OCH3 is 1. The molecule has 0 saturated heterocycles. The van der Waals surface area contributed by atoms with Crippen LogP contribution < -0.4 is 24.4 Å². The first kappa shape index (κ1) is 26.7. The fourth-order valence-corrected chi connectivity index (χ4v) is 5.96. The number of terminal acetylenes is 1. The van der Waals surface area contributed by atoms with Crippen molar-refractivity contribution < 1.29 is 19.0 Å². The van der Waals surface area contributed by atoms with E-state index in [4.69, 9.17) is 25.6 Å². The van der Waals surface area contributed by atoms with Gasteiger partial charge >= 0.3 is 5.97 Å². The molecule has 0 bridgehead atoms. The first-order chi connectivity index (χ1) is 17.9. The second-order valence-electron chi connectivity index (χ2n) is 7.95. The Morgan fingerprint density at radius 2 is 2.00 bits per heavy atom. The maximum atomic E-state index is 13.8. The molecule has 1 atom stereocenters. The summed E-state index contributed by atoms with van der Waals surface area (Å²) in [5, 5.41) is 0. The van der Waals surface area contributed by atoms with E-state index in [1.807, 2.05) is 56.3 Å². The minimum Gasteiger partial charge on any atom is -0.490 e. The number of thiazole rings is 1. The van der Waals surface area contributed by atoms with Crippen LogP contribution in [0.4, 0.5) is 0 Å². The van der Waals surface area contributed by atoms with Crippen molar-refractivity contribution in [1.29, 1.82) is 0 Å². The summed E-state index contributed by atoms with van der Waals surface area (Å²) in [4.78, 5) is 31.9. The third-order valence-electron chi connectivity index (χ3n) is 5.69. The third-order valence-corrected chi connectivity index (χ3v) is 7.48. The van der Waals surface area contributed by atoms with E-state index < -0.39 is 12.0 Å². The highest BCUT2D eigenvalue weighted by Gasteiger charge is 2.33. The molecular formula is C28H25IN2O5S. The van der Waals surface area contributed by atoms with Crippen LogP contribution in [-0.2, 0) is 9.53 Å². The van der Waals surface area contributed by atoms with Crippen molar-refractivity contribution in [2.45, 2.75) is 26.3 Å². The highest BCUT2D eigenvalue weighted by Crippen LogP contribution is 2.35. The van der Waals surface area contributed by atoms with Crippen LogP contribution in [0.1, 0.15) is 37.4 Å². The number of nitrogens with zero attached hydrogens (tertiary/aromatic N) is 2. The van der Waals surface area contributed by atoms with Crippen LogP contribution in [0.2, 0.25) is 0 Å². The quantitative estimate of drug-likeness (QED) is 0.216. The number of fused-ring (bicyclic) bond motifs is 1. The number of carbonyl (C=O) groups excluding carboxylic acids is 1. The van der Waals surface area contributed by atoms with Crippen molar-refractivity contribution >= 4 is 46.0 Å². The minimum absolute atomic E-state index is 0.121. The zero-order valence-electron chi connectivity index (χ0n) is 20.6. The summed E-state index contributed by atoms with van der Waals surface area (Å²) in [6, 6.07) is 12.5. The van der Waals surface area contributed by atoms with E-state index in [1.165, 1.54) is 18.4 Å². The first-order valence-electron chi connectivity index (χ1n) is 11.6. The highest BCUT2D eigenvalue weighted by molar-refractivity contribution is 14.1. The van der Waals surface area contributed by atoms with Crippen LogP contribution in [0.25, 0.3) is 6.08 Å². The smallest absolute Gasteiger partial charge is 0.338 e. The van der Waals surface area contributed by atoms with Gasteiger partial charge in [-0.05, 0) is 65.3 Å². The van der Waals surface area contributed by atoms with Gasteiger partial charge < -0.3 is 14.2 Å². The maximum Gasteiger partial charge on any atom is 0.338 e. The number of ether oxygens (including phenoxy) is 3. The zero-order valence-corrected chi connectivity index (χ0v) is 23.6. The van der Waals surface area contributed by atoms with Crippen LogP contribution in [0.5, 0.6) is 11.5 Å². The second kappa shape index (κ2) is 11.8. The first-order valence-corrected chi connectivity index (χ1v) is 13.5. The highest BCUT2D eigenvalue weighted by atomic mass is 127. The van der Waals surface area contributed by atoms with Crippen LogP contribution in [0.3, 0.4) is 0 Å². The van der Waals surface area contributed by atoms with Crippen LogP contribution >= 0.6 is 33.9 Å². The number of allylic oxidation sites excluding steroid dienone is 1. The van der Waals surface area contributed by atoms with Gasteiger partial charge in [0.25, 0.3) is 5.56 Å². The fourth-order valence-electron chi connectivity index (χ4n) is 4.15. The summed E-state index contributed by atoms with van der Waals surface area (Å²) in [6.45, 7) is 4.38. The van der Waals surface area contributed by atoms with Crippen molar-refractivity contribution in [2.24, 2.45) is 4.99 Å². The number of hydrogen-bond donors (Lipinski definition) is 0. The largest absolute Gasteiger partial charge is 0.490 e. The molecule has 9 heteroatoms. The van der Waals surface area contributed by atoms with Gasteiger partial charge in [0.15, 0.2) is 16.3 Å². The number of halogens is 1. The van der Waals surface area contributed by atoms with E-state index in [1.54, 1.807) is 10.6 Å². The summed E-state index contributed by atoms with van der Waals surface area (Å²) in [5.74, 6) is 3.08. The van der Waals surface area contributed by atoms with Gasteiger partial charge in [-0.15, -0.1) is 6.42 Å². The molecule has 190 valence electrons. The topological polar surface area (TPSA) is 79.1 Å². The molecule has 4 rings (SSSR count). The molecule has 1 aliphatic heterocycles. The lowest BCUT2D eigenvalue weighted by atomic mass is 9.95. The number of aromatic nitrogens is 1. The Morgan fingerprint density at radius 3 is 2.65 bits per heavy atom. The molecule has 2 heterocycles. The molecule has 1 aliphatic rings. The standard InChI is InChI=1S/C28H25IN2O5S/c1-5-13-36-25-19(29)14-17(15-21(25)35-7-3)16-22-26(32)31-24(18-11-9-8-10-12-18)23(27(33)34-4)20(6-2)30-28(31)37-22/h1,8-12,14-16,24H,6-7,13H2,2-4H3/b22-16-/t24-/m1/s1. The monoisotopic (exact) mass is 628 g/mol. The predicted molar refractivity (Wildman–Crippen MR) is 151 cm³/mol. The molecule has 0 saturated carbocycles. The van der Waals surface area contributed by atoms with Gasteiger partial charge in [0.1, 0.15) is 6.61 Å². The van der Waals surface area contributed by atoms with Crippen LogP contribution in [-0.4, -0.2) is 30.9 Å².